The van der Waals surface area contributed by atoms with Crippen LogP contribution in [-0.4, -0.2) is 19.5 Å². The van der Waals surface area contributed by atoms with Crippen LogP contribution >= 0.6 is 15.9 Å². The molecular formula is C14H10BrFO4S. The maximum atomic E-state index is 13.6. The van der Waals surface area contributed by atoms with Gasteiger partial charge in [-0.3, -0.25) is 0 Å². The van der Waals surface area contributed by atoms with Crippen LogP contribution in [0.2, 0.25) is 0 Å². The van der Waals surface area contributed by atoms with Crippen LogP contribution in [0.25, 0.3) is 0 Å². The topological polar surface area (TPSA) is 71.4 Å². The molecule has 0 unspecified atom stereocenters. The lowest BCUT2D eigenvalue weighted by Gasteiger charge is -2.07. The number of hydrogen-bond donors (Lipinski definition) is 1. The highest BCUT2D eigenvalue weighted by molar-refractivity contribution is 9.10. The van der Waals surface area contributed by atoms with Crippen molar-refractivity contribution < 1.29 is 22.7 Å². The van der Waals surface area contributed by atoms with Crippen molar-refractivity contribution in [1.82, 2.24) is 0 Å². The van der Waals surface area contributed by atoms with Crippen LogP contribution in [-0.2, 0) is 15.6 Å². The van der Waals surface area contributed by atoms with Gasteiger partial charge >= 0.3 is 5.97 Å². The van der Waals surface area contributed by atoms with Crippen molar-refractivity contribution in [3.8, 4) is 0 Å². The first-order valence-corrected chi connectivity index (χ1v) is 8.25. The monoisotopic (exact) mass is 372 g/mol. The van der Waals surface area contributed by atoms with Gasteiger partial charge in [0, 0.05) is 4.47 Å². The molecule has 0 atom stereocenters. The first kappa shape index (κ1) is 15.7. The summed E-state index contributed by atoms with van der Waals surface area (Å²) >= 11 is 3.16. The van der Waals surface area contributed by atoms with Crippen LogP contribution < -0.4 is 0 Å². The summed E-state index contributed by atoms with van der Waals surface area (Å²) in [7, 11) is -3.65. The van der Waals surface area contributed by atoms with Crippen molar-refractivity contribution >= 4 is 31.7 Å². The Labute approximate surface area is 129 Å². The third kappa shape index (κ3) is 3.48. The van der Waals surface area contributed by atoms with Gasteiger partial charge in [-0.05, 0) is 45.8 Å². The van der Waals surface area contributed by atoms with E-state index in [0.29, 0.717) is 4.47 Å². The second-order valence-electron chi connectivity index (χ2n) is 4.31. The average molecular weight is 373 g/mol. The zero-order valence-corrected chi connectivity index (χ0v) is 13.0. The molecule has 0 saturated heterocycles. The maximum Gasteiger partial charge on any atom is 0.338 e. The van der Waals surface area contributed by atoms with Crippen molar-refractivity contribution in [2.75, 3.05) is 0 Å². The molecule has 1 N–H and O–H groups in total. The molecular weight excluding hydrogens is 363 g/mol. The first-order valence-electron chi connectivity index (χ1n) is 5.80. The molecule has 0 heterocycles. The minimum absolute atomic E-state index is 0.104. The Bertz CT molecular complexity index is 802. The quantitative estimate of drug-likeness (QED) is 0.893. The highest BCUT2D eigenvalue weighted by atomic mass is 79.9. The van der Waals surface area contributed by atoms with E-state index in [-0.39, 0.29) is 10.5 Å². The van der Waals surface area contributed by atoms with E-state index in [9.17, 15) is 17.6 Å². The number of benzene rings is 2. The molecule has 4 nitrogen and oxygen atoms in total. The lowest BCUT2D eigenvalue weighted by molar-refractivity contribution is 0.0692. The van der Waals surface area contributed by atoms with E-state index in [1.165, 1.54) is 12.1 Å². The van der Waals surface area contributed by atoms with Crippen LogP contribution in [0.1, 0.15) is 15.9 Å². The molecule has 0 aliphatic carbocycles. The van der Waals surface area contributed by atoms with E-state index in [0.717, 1.165) is 12.1 Å². The Morgan fingerprint density at radius 3 is 2.43 bits per heavy atom. The van der Waals surface area contributed by atoms with Crippen LogP contribution in [0.15, 0.2) is 51.8 Å². The van der Waals surface area contributed by atoms with Crippen LogP contribution in [0.4, 0.5) is 4.39 Å². The van der Waals surface area contributed by atoms with E-state index in [1.54, 1.807) is 18.2 Å². The smallest absolute Gasteiger partial charge is 0.338 e. The Kier molecular flexibility index (Phi) is 4.43. The summed E-state index contributed by atoms with van der Waals surface area (Å²) < 4.78 is 38.6. The predicted octanol–water partition coefficient (Wildman–Crippen LogP) is 3.26. The number of carboxylic acid groups (broad SMARTS) is 1. The molecule has 0 amide bonds. The zero-order chi connectivity index (χ0) is 15.6. The molecule has 21 heavy (non-hydrogen) atoms. The molecule has 7 heteroatoms. The lowest BCUT2D eigenvalue weighted by atomic mass is 10.1. The molecule has 0 aromatic heterocycles. The molecule has 0 radical (unpaired) electrons. The van der Waals surface area contributed by atoms with Gasteiger partial charge in [0.15, 0.2) is 9.84 Å². The Morgan fingerprint density at radius 2 is 1.86 bits per heavy atom. The number of carbonyl (C=O) groups is 1. The minimum atomic E-state index is -3.65. The standard InChI is InChI=1S/C14H10BrFO4S/c15-11-3-1-2-4-13(11)21(19,20)8-9-5-6-10(14(17)18)12(16)7-9/h1-7H,8H2,(H,17,18). The number of carboxylic acids is 1. The SMILES string of the molecule is O=C(O)c1ccc(CS(=O)(=O)c2ccccc2Br)cc1F. The summed E-state index contributed by atoms with van der Waals surface area (Å²) in [5, 5.41) is 8.74. The largest absolute Gasteiger partial charge is 0.478 e. The summed E-state index contributed by atoms with van der Waals surface area (Å²) in [5.74, 6) is -2.76. The lowest BCUT2D eigenvalue weighted by Crippen LogP contribution is -2.07. The molecule has 0 fully saturated rings. The fraction of sp³-hybridized carbons (Fsp3) is 0.0714. The maximum absolute atomic E-state index is 13.6. The van der Waals surface area contributed by atoms with Crippen molar-refractivity contribution in [2.45, 2.75) is 10.6 Å². The van der Waals surface area contributed by atoms with Gasteiger partial charge in [-0.2, -0.15) is 0 Å². The Morgan fingerprint density at radius 1 is 1.19 bits per heavy atom. The molecule has 0 aliphatic heterocycles. The Hall–Kier alpha value is -1.73. The molecule has 2 aromatic rings. The molecule has 0 spiro atoms. The molecule has 110 valence electrons. The fourth-order valence-electron chi connectivity index (χ4n) is 1.82. The van der Waals surface area contributed by atoms with Gasteiger partial charge in [-0.1, -0.05) is 18.2 Å². The number of sulfone groups is 1. The first-order chi connectivity index (χ1) is 9.81. The number of rotatable bonds is 4. The zero-order valence-electron chi connectivity index (χ0n) is 10.6. The van der Waals surface area contributed by atoms with Gasteiger partial charge in [-0.15, -0.1) is 0 Å². The number of aromatic carboxylic acids is 1. The number of hydrogen-bond acceptors (Lipinski definition) is 3. The van der Waals surface area contributed by atoms with Gasteiger partial charge in [0.05, 0.1) is 16.2 Å². The summed E-state index contributed by atoms with van der Waals surface area (Å²) in [6.45, 7) is 0. The van der Waals surface area contributed by atoms with Crippen LogP contribution in [0.5, 0.6) is 0 Å². The highest BCUT2D eigenvalue weighted by Gasteiger charge is 2.19. The average Bonchev–Trinajstić information content (AvgIpc) is 2.38. The van der Waals surface area contributed by atoms with Crippen LogP contribution in [0.3, 0.4) is 0 Å². The van der Waals surface area contributed by atoms with Crippen molar-refractivity contribution in [3.05, 3.63) is 63.9 Å². The van der Waals surface area contributed by atoms with Crippen molar-refractivity contribution in [1.29, 1.82) is 0 Å². The van der Waals surface area contributed by atoms with E-state index in [4.69, 9.17) is 5.11 Å². The van der Waals surface area contributed by atoms with Gasteiger partial charge in [0.2, 0.25) is 0 Å². The fourth-order valence-corrected chi connectivity index (χ4v) is 4.27. The summed E-state index contributed by atoms with van der Waals surface area (Å²) in [6.07, 6.45) is 0. The van der Waals surface area contributed by atoms with E-state index in [2.05, 4.69) is 15.9 Å². The molecule has 2 aromatic carbocycles. The van der Waals surface area contributed by atoms with Crippen molar-refractivity contribution in [2.24, 2.45) is 0 Å². The highest BCUT2D eigenvalue weighted by Crippen LogP contribution is 2.25. The Balaban J connectivity index is 2.36. The van der Waals surface area contributed by atoms with Gasteiger partial charge in [-0.25, -0.2) is 17.6 Å². The second kappa shape index (κ2) is 5.95. The molecule has 0 saturated carbocycles. The van der Waals surface area contributed by atoms with Gasteiger partial charge in [0.25, 0.3) is 0 Å². The van der Waals surface area contributed by atoms with E-state index >= 15 is 0 Å². The van der Waals surface area contributed by atoms with Gasteiger partial charge < -0.3 is 5.11 Å². The third-order valence-electron chi connectivity index (χ3n) is 2.79. The summed E-state index contributed by atoms with van der Waals surface area (Å²) in [5.41, 5.74) is -0.301. The molecule has 2 rings (SSSR count). The normalized spacial score (nSPS) is 11.3. The van der Waals surface area contributed by atoms with Gasteiger partial charge in [0.1, 0.15) is 5.82 Å². The number of halogens is 2. The van der Waals surface area contributed by atoms with Crippen molar-refractivity contribution in [3.63, 3.8) is 0 Å². The van der Waals surface area contributed by atoms with E-state index in [1.807, 2.05) is 0 Å². The molecule has 0 aliphatic rings. The summed E-state index contributed by atoms with van der Waals surface area (Å²) in [6, 6.07) is 9.60. The van der Waals surface area contributed by atoms with Crippen LogP contribution in [0, 0.1) is 5.82 Å². The summed E-state index contributed by atoms with van der Waals surface area (Å²) in [4.78, 5) is 10.8. The third-order valence-corrected chi connectivity index (χ3v) is 5.49. The minimum Gasteiger partial charge on any atom is -0.478 e. The molecule has 0 bridgehead atoms. The van der Waals surface area contributed by atoms with E-state index < -0.39 is 32.9 Å². The predicted molar refractivity (Wildman–Crippen MR) is 78.4 cm³/mol. The second-order valence-corrected chi connectivity index (χ2v) is 7.12.